The summed E-state index contributed by atoms with van der Waals surface area (Å²) in [6, 6.07) is 0. The van der Waals surface area contributed by atoms with Gasteiger partial charge in [0.1, 0.15) is 0 Å². The molecule has 0 atom stereocenters. The van der Waals surface area contributed by atoms with Crippen molar-refractivity contribution in [2.75, 3.05) is 0 Å². The van der Waals surface area contributed by atoms with Crippen LogP contribution in [0.5, 0.6) is 0 Å². The molecule has 3 rings (SSSR count). The van der Waals surface area contributed by atoms with Gasteiger partial charge < -0.3 is 0 Å². The van der Waals surface area contributed by atoms with Crippen LogP contribution in [0.1, 0.15) is 138 Å². The SMILES string of the molecule is CC(C)[Si]([O][Ti]([O]C1CCCCC1)([O]C1CCCCC1)[O]C1CCCCC1)(C(C)C)C(C)C. The van der Waals surface area contributed by atoms with Crippen LogP contribution in [0.4, 0.5) is 0 Å². The van der Waals surface area contributed by atoms with Crippen LogP contribution in [0.3, 0.4) is 0 Å². The van der Waals surface area contributed by atoms with Gasteiger partial charge in [-0.3, -0.25) is 0 Å². The van der Waals surface area contributed by atoms with E-state index in [1.807, 2.05) is 0 Å². The Morgan fingerprint density at radius 2 is 0.758 bits per heavy atom. The molecule has 0 radical (unpaired) electrons. The molecular formula is C27H54O4SiTi. The summed E-state index contributed by atoms with van der Waals surface area (Å²) >= 11 is -4.01. The molecule has 3 aliphatic carbocycles. The topological polar surface area (TPSA) is 36.9 Å². The van der Waals surface area contributed by atoms with Gasteiger partial charge in [0.05, 0.1) is 0 Å². The summed E-state index contributed by atoms with van der Waals surface area (Å²) in [5.74, 6) is 0. The third-order valence-corrected chi connectivity index (χ3v) is 20.4. The summed E-state index contributed by atoms with van der Waals surface area (Å²) in [5, 5.41) is 0. The van der Waals surface area contributed by atoms with Crippen LogP contribution in [0, 0.1) is 0 Å². The molecule has 0 aromatic carbocycles. The molecule has 3 aliphatic rings. The van der Waals surface area contributed by atoms with Crippen molar-refractivity contribution in [1.82, 2.24) is 0 Å². The van der Waals surface area contributed by atoms with E-state index >= 15 is 0 Å². The predicted molar refractivity (Wildman–Crippen MR) is 136 cm³/mol. The summed E-state index contributed by atoms with van der Waals surface area (Å²) in [7, 11) is -2.21. The molecule has 0 aliphatic heterocycles. The van der Waals surface area contributed by atoms with Gasteiger partial charge in [-0.15, -0.1) is 0 Å². The molecule has 0 bridgehead atoms. The zero-order valence-corrected chi connectivity index (χ0v) is 25.3. The van der Waals surface area contributed by atoms with E-state index in [2.05, 4.69) is 41.5 Å². The second kappa shape index (κ2) is 13.4. The molecule has 0 aromatic heterocycles. The Bertz CT molecular complexity index is 480. The first-order valence-corrected chi connectivity index (χ1v) is 19.2. The number of hydrogen-bond acceptors (Lipinski definition) is 4. The van der Waals surface area contributed by atoms with Crippen molar-refractivity contribution in [2.45, 2.75) is 173 Å². The molecule has 0 amide bonds. The van der Waals surface area contributed by atoms with Crippen LogP contribution >= 0.6 is 0 Å². The fourth-order valence-electron chi connectivity index (χ4n) is 6.89. The number of rotatable bonds is 11. The van der Waals surface area contributed by atoms with E-state index < -0.39 is 26.5 Å². The van der Waals surface area contributed by atoms with Crippen LogP contribution in [-0.4, -0.2) is 26.6 Å². The third kappa shape index (κ3) is 7.63. The van der Waals surface area contributed by atoms with Crippen LogP contribution in [0.25, 0.3) is 0 Å². The van der Waals surface area contributed by atoms with Crippen molar-refractivity contribution in [1.29, 1.82) is 0 Å². The van der Waals surface area contributed by atoms with Gasteiger partial charge in [0, 0.05) is 0 Å². The van der Waals surface area contributed by atoms with Gasteiger partial charge in [-0.2, -0.15) is 0 Å². The molecule has 194 valence electrons. The van der Waals surface area contributed by atoms with Crippen molar-refractivity contribution in [2.24, 2.45) is 0 Å². The second-order valence-corrected chi connectivity index (χ2v) is 21.1. The van der Waals surface area contributed by atoms with Gasteiger partial charge in [0.15, 0.2) is 0 Å². The van der Waals surface area contributed by atoms with E-state index in [4.69, 9.17) is 13.0 Å². The fraction of sp³-hybridized carbons (Fsp3) is 1.00. The molecule has 0 unspecified atom stereocenters. The Balaban J connectivity index is 1.97. The van der Waals surface area contributed by atoms with Gasteiger partial charge in [0.2, 0.25) is 0 Å². The summed E-state index contributed by atoms with van der Waals surface area (Å²) < 4.78 is 29.0. The van der Waals surface area contributed by atoms with Gasteiger partial charge in [-0.25, -0.2) is 0 Å². The second-order valence-electron chi connectivity index (χ2n) is 12.1. The normalized spacial score (nSPS) is 23.2. The van der Waals surface area contributed by atoms with E-state index in [0.29, 0.717) is 16.6 Å². The van der Waals surface area contributed by atoms with Crippen LogP contribution in [-0.2, 0) is 31.1 Å². The van der Waals surface area contributed by atoms with E-state index in [0.717, 1.165) is 38.5 Å². The maximum absolute atomic E-state index is 7.58. The molecular weight excluding hydrogens is 464 g/mol. The summed E-state index contributed by atoms with van der Waals surface area (Å²) in [6.07, 6.45) is 19.1. The average Bonchev–Trinajstić information content (AvgIpc) is 2.79. The zero-order chi connectivity index (χ0) is 23.9. The molecule has 0 saturated heterocycles. The minimum atomic E-state index is -4.01. The van der Waals surface area contributed by atoms with E-state index in [1.165, 1.54) is 57.8 Å². The van der Waals surface area contributed by atoms with Crippen LogP contribution in [0.15, 0.2) is 0 Å². The van der Waals surface area contributed by atoms with Crippen LogP contribution in [0.2, 0.25) is 16.6 Å². The average molecular weight is 519 g/mol. The Kier molecular flexibility index (Phi) is 11.5. The molecule has 4 nitrogen and oxygen atoms in total. The molecule has 0 spiro atoms. The fourth-order valence-corrected chi connectivity index (χ4v) is 21.5. The Hall–Kier alpha value is 0.771. The molecule has 0 heterocycles. The molecule has 6 heteroatoms. The first-order chi connectivity index (χ1) is 15.8. The van der Waals surface area contributed by atoms with Gasteiger partial charge in [-0.1, -0.05) is 0 Å². The van der Waals surface area contributed by atoms with Crippen molar-refractivity contribution < 1.29 is 31.1 Å². The summed E-state index contributed by atoms with van der Waals surface area (Å²) in [5.41, 5.74) is 1.51. The first kappa shape index (κ1) is 28.3. The first-order valence-electron chi connectivity index (χ1n) is 14.5. The quantitative estimate of drug-likeness (QED) is 0.256. The predicted octanol–water partition coefficient (Wildman–Crippen LogP) is 9.04. The molecule has 0 aromatic rings. The van der Waals surface area contributed by atoms with Crippen molar-refractivity contribution in [3.63, 3.8) is 0 Å². The standard InChI is InChI=1S/C9H21OSi.3C6H11O.Ti/c1-7(2)11(10,8(3)4)9(5)6;3*7-6-4-2-1-3-5-6;/h7-9H,1-6H3;3*6H,1-5H2;/q4*-1;+4. The molecule has 0 N–H and O–H groups in total. The third-order valence-electron chi connectivity index (χ3n) is 8.60. The maximum atomic E-state index is 7.58. The van der Waals surface area contributed by atoms with E-state index in [-0.39, 0.29) is 18.3 Å². The minimum absolute atomic E-state index is 0.254. The zero-order valence-electron chi connectivity index (χ0n) is 22.7. The molecule has 33 heavy (non-hydrogen) atoms. The van der Waals surface area contributed by atoms with Crippen molar-refractivity contribution in [3.05, 3.63) is 0 Å². The van der Waals surface area contributed by atoms with Gasteiger partial charge >= 0.3 is 212 Å². The van der Waals surface area contributed by atoms with Crippen molar-refractivity contribution in [3.8, 4) is 0 Å². The number of hydrogen-bond donors (Lipinski definition) is 0. The summed E-state index contributed by atoms with van der Waals surface area (Å²) in [4.78, 5) is 0. The van der Waals surface area contributed by atoms with Gasteiger partial charge in [-0.05, 0) is 0 Å². The monoisotopic (exact) mass is 518 g/mol. The molecule has 3 fully saturated rings. The molecule has 3 saturated carbocycles. The Labute approximate surface area is 211 Å². The van der Waals surface area contributed by atoms with Crippen molar-refractivity contribution >= 4 is 8.32 Å². The Morgan fingerprint density at radius 3 is 1.00 bits per heavy atom. The van der Waals surface area contributed by atoms with Gasteiger partial charge in [0.25, 0.3) is 0 Å². The van der Waals surface area contributed by atoms with E-state index in [9.17, 15) is 0 Å². The van der Waals surface area contributed by atoms with E-state index in [1.54, 1.807) is 0 Å². The summed E-state index contributed by atoms with van der Waals surface area (Å²) in [6.45, 7) is 14.3. The van der Waals surface area contributed by atoms with Crippen LogP contribution < -0.4 is 0 Å². The Morgan fingerprint density at radius 1 is 0.485 bits per heavy atom.